The number of pyridine rings is 1. The van der Waals surface area contributed by atoms with Crippen LogP contribution in [0.4, 0.5) is 0 Å². The molecule has 0 amide bonds. The van der Waals surface area contributed by atoms with Crippen LogP contribution in [0.2, 0.25) is 0 Å². The first-order chi connectivity index (χ1) is 17.5. The number of benzene rings is 1. The minimum Gasteiger partial charge on any atom is -0.497 e. The Balaban J connectivity index is 1.27. The van der Waals surface area contributed by atoms with Crippen LogP contribution in [0.15, 0.2) is 46.2 Å². The van der Waals surface area contributed by atoms with Crippen molar-refractivity contribution in [2.45, 2.75) is 50.5 Å². The van der Waals surface area contributed by atoms with Crippen LogP contribution in [0.5, 0.6) is 17.4 Å². The predicted octanol–water partition coefficient (Wildman–Crippen LogP) is 4.55. The molecule has 192 valence electrons. The van der Waals surface area contributed by atoms with E-state index in [4.69, 9.17) is 14.2 Å². The van der Waals surface area contributed by atoms with Gasteiger partial charge in [-0.2, -0.15) is 4.98 Å². The number of hydrogen-bond acceptors (Lipinski definition) is 8. The van der Waals surface area contributed by atoms with Crippen LogP contribution in [0, 0.1) is 0 Å². The molecule has 0 bridgehead atoms. The van der Waals surface area contributed by atoms with E-state index in [0.717, 1.165) is 31.9 Å². The molecule has 0 saturated carbocycles. The number of hydrogen-bond donors (Lipinski definition) is 0. The number of ether oxygens (including phenoxy) is 3. The summed E-state index contributed by atoms with van der Waals surface area (Å²) in [5.41, 5.74) is 2.87. The summed E-state index contributed by atoms with van der Waals surface area (Å²) in [5, 5.41) is 0. The summed E-state index contributed by atoms with van der Waals surface area (Å²) < 4.78 is 21.2. The second-order valence-electron chi connectivity index (χ2n) is 9.60. The Hall–Kier alpha value is -2.75. The molecule has 1 saturated heterocycles. The van der Waals surface area contributed by atoms with Crippen LogP contribution in [0.3, 0.4) is 0 Å². The fourth-order valence-electron chi connectivity index (χ4n) is 4.82. The van der Waals surface area contributed by atoms with Gasteiger partial charge in [-0.15, -0.1) is 0 Å². The number of aromatic nitrogens is 2. The maximum atomic E-state index is 12.8. The van der Waals surface area contributed by atoms with Gasteiger partial charge in [-0.1, -0.05) is 20.3 Å². The molecule has 0 aliphatic carbocycles. The molecule has 1 fully saturated rings. The third-order valence-corrected chi connectivity index (χ3v) is 7.79. The first-order valence-corrected chi connectivity index (χ1v) is 13.4. The molecule has 5 rings (SSSR count). The molecule has 1 aromatic carbocycles. The lowest BCUT2D eigenvalue weighted by Gasteiger charge is -2.26. The minimum absolute atomic E-state index is 0.194. The Morgan fingerprint density at radius 3 is 2.72 bits per heavy atom. The van der Waals surface area contributed by atoms with Gasteiger partial charge in [0.15, 0.2) is 18.1 Å². The normalized spacial score (nSPS) is 16.4. The Kier molecular flexibility index (Phi) is 7.69. The van der Waals surface area contributed by atoms with E-state index in [1.54, 1.807) is 25.3 Å². The number of methoxy groups -OCH3 is 1. The van der Waals surface area contributed by atoms with Crippen molar-refractivity contribution < 1.29 is 14.2 Å². The molecule has 0 atom stereocenters. The molecule has 2 aliphatic rings. The monoisotopic (exact) mass is 510 g/mol. The van der Waals surface area contributed by atoms with Crippen molar-refractivity contribution in [1.29, 1.82) is 0 Å². The molecule has 4 heterocycles. The Bertz CT molecular complexity index is 1270. The molecule has 0 N–H and O–H groups in total. The molecule has 3 aromatic rings. The Labute approximate surface area is 216 Å². The van der Waals surface area contributed by atoms with Gasteiger partial charge < -0.3 is 14.2 Å². The number of nitrogens with zero attached hydrogens (tertiary/aromatic N) is 4. The second kappa shape index (κ2) is 11.1. The highest BCUT2D eigenvalue weighted by Crippen LogP contribution is 2.42. The third kappa shape index (κ3) is 5.48. The lowest BCUT2D eigenvalue weighted by atomic mass is 9.97. The van der Waals surface area contributed by atoms with E-state index >= 15 is 0 Å². The molecular weight excluding hydrogens is 476 g/mol. The van der Waals surface area contributed by atoms with E-state index in [9.17, 15) is 4.79 Å². The van der Waals surface area contributed by atoms with Crippen molar-refractivity contribution in [3.63, 3.8) is 0 Å². The topological polar surface area (TPSA) is 68.5 Å². The molecule has 0 radical (unpaired) electrons. The fraction of sp³-hybridized carbons (Fsp3) is 0.481. The lowest BCUT2D eigenvalue weighted by molar-refractivity contribution is 0.183. The van der Waals surface area contributed by atoms with E-state index in [-0.39, 0.29) is 5.56 Å². The van der Waals surface area contributed by atoms with E-state index in [1.807, 2.05) is 12.1 Å². The summed E-state index contributed by atoms with van der Waals surface area (Å²) in [6, 6.07) is 9.29. The molecule has 2 aromatic heterocycles. The summed E-state index contributed by atoms with van der Waals surface area (Å²) >= 11 is 1.64. The number of piperidine rings is 1. The van der Waals surface area contributed by atoms with Crippen LogP contribution in [0.1, 0.15) is 50.2 Å². The third-order valence-electron chi connectivity index (χ3n) is 6.74. The highest BCUT2D eigenvalue weighted by atomic mass is 32.2. The number of fused-ring (bicyclic) bond motifs is 2. The van der Waals surface area contributed by atoms with Gasteiger partial charge in [0.1, 0.15) is 12.4 Å². The van der Waals surface area contributed by atoms with Gasteiger partial charge in [0, 0.05) is 24.2 Å². The Morgan fingerprint density at radius 1 is 1.11 bits per heavy atom. The molecule has 36 heavy (non-hydrogen) atoms. The van der Waals surface area contributed by atoms with Crippen molar-refractivity contribution in [1.82, 2.24) is 18.6 Å². The zero-order valence-electron chi connectivity index (χ0n) is 21.2. The first-order valence-electron chi connectivity index (χ1n) is 12.7. The van der Waals surface area contributed by atoms with Crippen LogP contribution < -0.4 is 19.8 Å². The SMILES string of the molecule is COc1cc2c(c(C(C)C)c1)CN(COc1cc(=O)n3cccc(OCCN4CCCCC4)c3n1)S2. The fourth-order valence-corrected chi connectivity index (χ4v) is 5.85. The maximum absolute atomic E-state index is 12.8. The van der Waals surface area contributed by atoms with E-state index in [2.05, 4.69) is 40.2 Å². The zero-order chi connectivity index (χ0) is 25.1. The van der Waals surface area contributed by atoms with Crippen molar-refractivity contribution in [3.8, 4) is 17.4 Å². The number of likely N-dealkylation sites (tertiary alicyclic amines) is 1. The smallest absolute Gasteiger partial charge is 0.261 e. The van der Waals surface area contributed by atoms with Gasteiger partial charge in [-0.05, 0) is 79.2 Å². The van der Waals surface area contributed by atoms with Gasteiger partial charge in [0.2, 0.25) is 5.88 Å². The lowest BCUT2D eigenvalue weighted by Crippen LogP contribution is -2.33. The van der Waals surface area contributed by atoms with E-state index < -0.39 is 0 Å². The average molecular weight is 511 g/mol. The van der Waals surface area contributed by atoms with Crippen molar-refractivity contribution in [2.24, 2.45) is 0 Å². The quantitative estimate of drug-likeness (QED) is 0.389. The molecular formula is C27H34N4O4S. The zero-order valence-corrected chi connectivity index (χ0v) is 22.1. The van der Waals surface area contributed by atoms with Gasteiger partial charge >= 0.3 is 0 Å². The number of rotatable bonds is 9. The summed E-state index contributed by atoms with van der Waals surface area (Å²) in [6.07, 6.45) is 5.52. The summed E-state index contributed by atoms with van der Waals surface area (Å²) in [7, 11) is 1.70. The highest BCUT2D eigenvalue weighted by molar-refractivity contribution is 7.97. The average Bonchev–Trinajstić information content (AvgIpc) is 3.30. The second-order valence-corrected chi connectivity index (χ2v) is 10.7. The van der Waals surface area contributed by atoms with Gasteiger partial charge in [-0.25, -0.2) is 4.31 Å². The van der Waals surface area contributed by atoms with E-state index in [0.29, 0.717) is 36.5 Å². The maximum Gasteiger partial charge on any atom is 0.261 e. The largest absolute Gasteiger partial charge is 0.497 e. The first kappa shape index (κ1) is 24.9. The van der Waals surface area contributed by atoms with E-state index in [1.165, 1.54) is 45.8 Å². The minimum atomic E-state index is -0.194. The van der Waals surface area contributed by atoms with Crippen LogP contribution in [-0.4, -0.2) is 58.7 Å². The molecule has 9 heteroatoms. The summed E-state index contributed by atoms with van der Waals surface area (Å²) in [5.74, 6) is 2.15. The molecule has 0 spiro atoms. The van der Waals surface area contributed by atoms with Gasteiger partial charge in [0.25, 0.3) is 5.56 Å². The van der Waals surface area contributed by atoms with Crippen LogP contribution in [-0.2, 0) is 6.54 Å². The van der Waals surface area contributed by atoms with Crippen molar-refractivity contribution >= 4 is 17.6 Å². The summed E-state index contributed by atoms with van der Waals surface area (Å²) in [4.78, 5) is 21.0. The van der Waals surface area contributed by atoms with Gasteiger partial charge in [0.05, 0.1) is 13.2 Å². The molecule has 8 nitrogen and oxygen atoms in total. The van der Waals surface area contributed by atoms with Gasteiger partial charge in [-0.3, -0.25) is 14.1 Å². The highest BCUT2D eigenvalue weighted by Gasteiger charge is 2.26. The molecule has 2 aliphatic heterocycles. The van der Waals surface area contributed by atoms with Crippen molar-refractivity contribution in [3.05, 3.63) is 58.0 Å². The van der Waals surface area contributed by atoms with Crippen LogP contribution in [0.25, 0.3) is 5.65 Å². The Morgan fingerprint density at radius 2 is 1.94 bits per heavy atom. The molecule has 0 unspecified atom stereocenters. The standard InChI is InChI=1S/C27H34N4O4S/c1-19(2)21-14-20(33-3)15-24-22(21)17-30(36-24)18-35-25-16-26(32)31-11-7-8-23(27(31)28-25)34-13-12-29-9-5-4-6-10-29/h7-8,11,14-16,19H,4-6,9-10,12-13,17-18H2,1-3H3. The summed E-state index contributed by atoms with van der Waals surface area (Å²) in [6.45, 7) is 9.13. The predicted molar refractivity (Wildman–Crippen MR) is 141 cm³/mol. The van der Waals surface area contributed by atoms with Crippen molar-refractivity contribution in [2.75, 3.05) is 40.1 Å². The van der Waals surface area contributed by atoms with Crippen LogP contribution >= 0.6 is 11.9 Å².